The summed E-state index contributed by atoms with van der Waals surface area (Å²) in [5, 5.41) is 2.82. The summed E-state index contributed by atoms with van der Waals surface area (Å²) in [4.78, 5) is 17.6. The minimum atomic E-state index is -0.625. The fourth-order valence-electron chi connectivity index (χ4n) is 2.33. The average Bonchev–Trinajstić information content (AvgIpc) is 2.67. The van der Waals surface area contributed by atoms with Crippen molar-refractivity contribution < 1.29 is 9.18 Å². The number of hydrogen-bond donors (Lipinski definition) is 1. The van der Waals surface area contributed by atoms with Crippen LogP contribution in [-0.2, 0) is 0 Å². The number of rotatable bonds is 4. The highest BCUT2D eigenvalue weighted by molar-refractivity contribution is 5.93. The summed E-state index contributed by atoms with van der Waals surface area (Å²) in [6, 6.07) is 2.67. The predicted molar refractivity (Wildman–Crippen MR) is 71.4 cm³/mol. The zero-order chi connectivity index (χ0) is 13.5. The molecule has 1 aromatic heterocycles. The van der Waals surface area contributed by atoms with E-state index >= 15 is 0 Å². The predicted octanol–water partition coefficient (Wildman–Crippen LogP) is 1.83. The van der Waals surface area contributed by atoms with Crippen molar-refractivity contribution in [3.05, 3.63) is 29.8 Å². The molecule has 1 aliphatic rings. The summed E-state index contributed by atoms with van der Waals surface area (Å²) in [6.07, 6.45) is 6.39. The molecule has 0 unspecified atom stereocenters. The van der Waals surface area contributed by atoms with Crippen LogP contribution in [0.4, 0.5) is 4.39 Å². The van der Waals surface area contributed by atoms with Gasteiger partial charge >= 0.3 is 0 Å². The number of amides is 1. The van der Waals surface area contributed by atoms with E-state index in [1.807, 2.05) is 0 Å². The van der Waals surface area contributed by atoms with Crippen molar-refractivity contribution in [3.8, 4) is 0 Å². The Labute approximate surface area is 113 Å². The van der Waals surface area contributed by atoms with E-state index in [9.17, 15) is 9.18 Å². The minimum Gasteiger partial charge on any atom is -0.351 e. The molecule has 104 valence electrons. The highest BCUT2D eigenvalue weighted by Crippen LogP contribution is 2.08. The number of carbonyl (C=O) groups is 1. The fourth-order valence-corrected chi connectivity index (χ4v) is 2.33. The van der Waals surface area contributed by atoms with Gasteiger partial charge in [-0.05, 0) is 32.0 Å². The van der Waals surface area contributed by atoms with Gasteiger partial charge in [0.25, 0.3) is 5.91 Å². The molecule has 0 saturated carbocycles. The van der Waals surface area contributed by atoms with Crippen LogP contribution in [0.2, 0.25) is 0 Å². The summed E-state index contributed by atoms with van der Waals surface area (Å²) < 4.78 is 12.9. The largest absolute Gasteiger partial charge is 0.351 e. The van der Waals surface area contributed by atoms with Crippen molar-refractivity contribution in [1.29, 1.82) is 0 Å². The van der Waals surface area contributed by atoms with Gasteiger partial charge in [-0.2, -0.15) is 4.39 Å². The third kappa shape index (κ3) is 4.59. The molecular weight excluding hydrogens is 245 g/mol. The van der Waals surface area contributed by atoms with Gasteiger partial charge in [0, 0.05) is 30.9 Å². The van der Waals surface area contributed by atoms with Crippen LogP contribution < -0.4 is 5.32 Å². The van der Waals surface area contributed by atoms with E-state index in [4.69, 9.17) is 0 Å². The molecule has 0 spiro atoms. The first-order chi connectivity index (χ1) is 9.25. The molecule has 1 fully saturated rings. The Morgan fingerprint density at radius 1 is 1.32 bits per heavy atom. The number of nitrogens with zero attached hydrogens (tertiary/aromatic N) is 2. The Balaban J connectivity index is 1.74. The topological polar surface area (TPSA) is 45.2 Å². The smallest absolute Gasteiger partial charge is 0.251 e. The quantitative estimate of drug-likeness (QED) is 0.845. The fraction of sp³-hybridized carbons (Fsp3) is 0.571. The molecular formula is C14H20FN3O. The van der Waals surface area contributed by atoms with E-state index in [1.54, 1.807) is 0 Å². The van der Waals surface area contributed by atoms with Gasteiger partial charge in [-0.3, -0.25) is 4.79 Å². The lowest BCUT2D eigenvalue weighted by Gasteiger charge is -2.19. The van der Waals surface area contributed by atoms with E-state index in [1.165, 1.54) is 37.9 Å². The Kier molecular flexibility index (Phi) is 5.27. The molecule has 1 aromatic rings. The van der Waals surface area contributed by atoms with Crippen molar-refractivity contribution in [2.24, 2.45) is 0 Å². The summed E-state index contributed by atoms with van der Waals surface area (Å²) in [7, 11) is 0. The maximum absolute atomic E-state index is 12.9. The first kappa shape index (κ1) is 13.9. The van der Waals surface area contributed by atoms with Crippen molar-refractivity contribution >= 4 is 5.91 Å². The van der Waals surface area contributed by atoms with Gasteiger partial charge in [-0.25, -0.2) is 4.98 Å². The molecule has 4 nitrogen and oxygen atoms in total. The number of nitrogens with one attached hydrogen (secondary N) is 1. The number of likely N-dealkylation sites (tertiary alicyclic amines) is 1. The minimum absolute atomic E-state index is 0.240. The van der Waals surface area contributed by atoms with E-state index in [2.05, 4.69) is 15.2 Å². The Bertz CT molecular complexity index is 417. The maximum Gasteiger partial charge on any atom is 0.251 e. The summed E-state index contributed by atoms with van der Waals surface area (Å²) >= 11 is 0. The lowest BCUT2D eigenvalue weighted by atomic mass is 10.2. The van der Waals surface area contributed by atoms with Crippen LogP contribution in [0.25, 0.3) is 0 Å². The zero-order valence-corrected chi connectivity index (χ0v) is 11.1. The second kappa shape index (κ2) is 7.19. The molecule has 0 atom stereocenters. The van der Waals surface area contributed by atoms with Crippen molar-refractivity contribution in [2.45, 2.75) is 25.7 Å². The van der Waals surface area contributed by atoms with Gasteiger partial charge in [-0.15, -0.1) is 0 Å². The molecule has 1 N–H and O–H groups in total. The van der Waals surface area contributed by atoms with Crippen LogP contribution in [0.1, 0.15) is 36.0 Å². The van der Waals surface area contributed by atoms with Crippen LogP contribution in [0.5, 0.6) is 0 Å². The summed E-state index contributed by atoms with van der Waals surface area (Å²) in [5.74, 6) is -0.865. The highest BCUT2D eigenvalue weighted by atomic mass is 19.1. The first-order valence-electron chi connectivity index (χ1n) is 6.88. The zero-order valence-electron chi connectivity index (χ0n) is 11.1. The third-order valence-corrected chi connectivity index (χ3v) is 3.40. The second-order valence-corrected chi connectivity index (χ2v) is 4.88. The summed E-state index contributed by atoms with van der Waals surface area (Å²) in [5.41, 5.74) is 0.323. The van der Waals surface area contributed by atoms with Crippen LogP contribution >= 0.6 is 0 Å². The SMILES string of the molecule is O=C(NCCN1CCCCCC1)c1ccnc(F)c1. The number of pyridine rings is 1. The van der Waals surface area contributed by atoms with Gasteiger partial charge < -0.3 is 10.2 Å². The van der Waals surface area contributed by atoms with E-state index < -0.39 is 5.95 Å². The van der Waals surface area contributed by atoms with Gasteiger partial charge in [0.2, 0.25) is 5.95 Å². The van der Waals surface area contributed by atoms with Gasteiger partial charge in [0.15, 0.2) is 0 Å². The molecule has 0 aliphatic carbocycles. The number of halogens is 1. The van der Waals surface area contributed by atoms with E-state index in [0.717, 1.165) is 25.7 Å². The van der Waals surface area contributed by atoms with E-state index in [-0.39, 0.29) is 5.91 Å². The van der Waals surface area contributed by atoms with Gasteiger partial charge in [-0.1, -0.05) is 12.8 Å². The molecule has 0 aromatic carbocycles. The molecule has 2 rings (SSSR count). The average molecular weight is 265 g/mol. The van der Waals surface area contributed by atoms with Crippen molar-refractivity contribution in [1.82, 2.24) is 15.2 Å². The van der Waals surface area contributed by atoms with Gasteiger partial charge in [0.1, 0.15) is 0 Å². The van der Waals surface area contributed by atoms with Gasteiger partial charge in [0.05, 0.1) is 0 Å². The Morgan fingerprint density at radius 3 is 2.74 bits per heavy atom. The molecule has 1 amide bonds. The molecule has 2 heterocycles. The molecule has 1 saturated heterocycles. The lowest BCUT2D eigenvalue weighted by Crippen LogP contribution is -2.35. The molecule has 0 radical (unpaired) electrons. The maximum atomic E-state index is 12.9. The van der Waals surface area contributed by atoms with Crippen LogP contribution in [0.15, 0.2) is 18.3 Å². The lowest BCUT2D eigenvalue weighted by molar-refractivity contribution is 0.0948. The Hall–Kier alpha value is -1.49. The second-order valence-electron chi connectivity index (χ2n) is 4.88. The first-order valence-corrected chi connectivity index (χ1v) is 6.88. The van der Waals surface area contributed by atoms with Crippen LogP contribution in [0.3, 0.4) is 0 Å². The van der Waals surface area contributed by atoms with Crippen LogP contribution in [-0.4, -0.2) is 42.0 Å². The normalized spacial score (nSPS) is 16.9. The number of hydrogen-bond acceptors (Lipinski definition) is 3. The van der Waals surface area contributed by atoms with E-state index in [0.29, 0.717) is 12.1 Å². The standard InChI is InChI=1S/C14H20FN3O/c15-13-11-12(5-6-16-13)14(19)17-7-10-18-8-3-1-2-4-9-18/h5-6,11H,1-4,7-10H2,(H,17,19). The van der Waals surface area contributed by atoms with Crippen molar-refractivity contribution in [2.75, 3.05) is 26.2 Å². The number of aromatic nitrogens is 1. The van der Waals surface area contributed by atoms with Crippen molar-refractivity contribution in [3.63, 3.8) is 0 Å². The highest BCUT2D eigenvalue weighted by Gasteiger charge is 2.10. The molecule has 0 bridgehead atoms. The molecule has 5 heteroatoms. The Morgan fingerprint density at radius 2 is 2.05 bits per heavy atom. The number of carbonyl (C=O) groups excluding carboxylic acids is 1. The third-order valence-electron chi connectivity index (χ3n) is 3.40. The monoisotopic (exact) mass is 265 g/mol. The molecule has 19 heavy (non-hydrogen) atoms. The van der Waals surface area contributed by atoms with Crippen LogP contribution in [0, 0.1) is 5.95 Å². The molecule has 1 aliphatic heterocycles. The summed E-state index contributed by atoms with van der Waals surface area (Å²) in [6.45, 7) is 3.68.